The number of methoxy groups -OCH3 is 1. The van der Waals surface area contributed by atoms with Gasteiger partial charge in [-0.15, -0.1) is 0 Å². The lowest BCUT2D eigenvalue weighted by molar-refractivity contribution is -0.385. The zero-order chi connectivity index (χ0) is 14.4. The number of nitro groups is 1. The molecule has 0 radical (unpaired) electrons. The van der Waals surface area contributed by atoms with E-state index in [0.29, 0.717) is 22.1 Å². The number of thioether (sulfide) groups is 1. The van der Waals surface area contributed by atoms with Crippen molar-refractivity contribution < 1.29 is 14.5 Å². The first-order valence-corrected chi connectivity index (χ1v) is 7.08. The molecule has 0 N–H and O–H groups in total. The molecule has 0 aliphatic heterocycles. The summed E-state index contributed by atoms with van der Waals surface area (Å²) in [6.07, 6.45) is 0. The number of halogens is 1. The van der Waals surface area contributed by atoms with E-state index in [2.05, 4.69) is 4.74 Å². The van der Waals surface area contributed by atoms with Crippen molar-refractivity contribution in [2.24, 2.45) is 5.92 Å². The van der Waals surface area contributed by atoms with Gasteiger partial charge in [-0.1, -0.05) is 24.6 Å². The summed E-state index contributed by atoms with van der Waals surface area (Å²) in [5, 5.41) is 11.3. The van der Waals surface area contributed by atoms with E-state index in [0.717, 1.165) is 0 Å². The van der Waals surface area contributed by atoms with Gasteiger partial charge in [-0.2, -0.15) is 11.8 Å². The fraction of sp³-hybridized carbons (Fsp3) is 0.417. The lowest BCUT2D eigenvalue weighted by Gasteiger charge is -2.09. The van der Waals surface area contributed by atoms with E-state index in [-0.39, 0.29) is 17.6 Å². The summed E-state index contributed by atoms with van der Waals surface area (Å²) < 4.78 is 4.61. The van der Waals surface area contributed by atoms with Crippen molar-refractivity contribution in [1.82, 2.24) is 0 Å². The summed E-state index contributed by atoms with van der Waals surface area (Å²) in [7, 11) is 1.34. The second kappa shape index (κ2) is 7.35. The third-order valence-electron chi connectivity index (χ3n) is 2.51. The van der Waals surface area contributed by atoms with Crippen molar-refractivity contribution in [2.75, 3.05) is 12.9 Å². The lowest BCUT2D eigenvalue weighted by Crippen LogP contribution is -2.14. The van der Waals surface area contributed by atoms with Crippen LogP contribution in [0.4, 0.5) is 5.69 Å². The zero-order valence-electron chi connectivity index (χ0n) is 10.6. The molecule has 0 heterocycles. The Balaban J connectivity index is 2.68. The van der Waals surface area contributed by atoms with Crippen LogP contribution in [0.5, 0.6) is 0 Å². The number of hydrogen-bond acceptors (Lipinski definition) is 5. The van der Waals surface area contributed by atoms with E-state index >= 15 is 0 Å². The molecule has 1 rings (SSSR count). The highest BCUT2D eigenvalue weighted by Crippen LogP contribution is 2.30. The molecule has 0 spiro atoms. The Morgan fingerprint density at radius 1 is 1.58 bits per heavy atom. The van der Waals surface area contributed by atoms with Gasteiger partial charge in [0, 0.05) is 17.6 Å². The normalized spacial score (nSPS) is 11.9. The molecular formula is C12H14ClNO4S. The fourth-order valence-corrected chi connectivity index (χ4v) is 2.90. The summed E-state index contributed by atoms with van der Waals surface area (Å²) in [4.78, 5) is 21.7. The number of hydrogen-bond donors (Lipinski definition) is 0. The van der Waals surface area contributed by atoms with Gasteiger partial charge < -0.3 is 4.74 Å². The van der Waals surface area contributed by atoms with Gasteiger partial charge in [0.05, 0.1) is 28.5 Å². The Labute approximate surface area is 120 Å². The predicted octanol–water partition coefficient (Wildman–Crippen LogP) is 3.29. The molecule has 104 valence electrons. The van der Waals surface area contributed by atoms with E-state index in [4.69, 9.17) is 11.6 Å². The summed E-state index contributed by atoms with van der Waals surface area (Å²) in [5.74, 6) is 0.365. The molecule has 1 unspecified atom stereocenters. The highest BCUT2D eigenvalue weighted by atomic mass is 35.5. The Kier molecular flexibility index (Phi) is 6.11. The van der Waals surface area contributed by atoms with Crippen LogP contribution in [0, 0.1) is 16.0 Å². The van der Waals surface area contributed by atoms with Crippen LogP contribution in [0.15, 0.2) is 18.2 Å². The van der Waals surface area contributed by atoms with Gasteiger partial charge >= 0.3 is 5.97 Å². The third kappa shape index (κ3) is 4.40. The number of carbonyl (C=O) groups is 1. The monoisotopic (exact) mass is 303 g/mol. The maximum absolute atomic E-state index is 11.2. The van der Waals surface area contributed by atoms with Crippen LogP contribution in [0.2, 0.25) is 5.02 Å². The highest BCUT2D eigenvalue weighted by Gasteiger charge is 2.18. The minimum atomic E-state index is -0.453. The molecule has 0 bridgehead atoms. The van der Waals surface area contributed by atoms with E-state index < -0.39 is 4.92 Å². The molecule has 5 nitrogen and oxygen atoms in total. The molecule has 1 aromatic carbocycles. The van der Waals surface area contributed by atoms with Crippen molar-refractivity contribution in [2.45, 2.75) is 12.7 Å². The molecule has 0 aliphatic carbocycles. The number of esters is 1. The standard InChI is InChI=1S/C12H14ClNO4S/c1-8(12(15)18-2)6-19-7-9-10(13)4-3-5-11(9)14(16)17/h3-5,8H,6-7H2,1-2H3. The number of benzene rings is 1. The maximum atomic E-state index is 11.2. The highest BCUT2D eigenvalue weighted by molar-refractivity contribution is 7.98. The van der Waals surface area contributed by atoms with E-state index in [1.165, 1.54) is 24.9 Å². The lowest BCUT2D eigenvalue weighted by atomic mass is 10.2. The number of carbonyl (C=O) groups excluding carboxylic acids is 1. The van der Waals surface area contributed by atoms with Gasteiger partial charge in [0.1, 0.15) is 0 Å². The van der Waals surface area contributed by atoms with Crippen LogP contribution >= 0.6 is 23.4 Å². The summed E-state index contributed by atoms with van der Waals surface area (Å²) in [6, 6.07) is 4.59. The van der Waals surface area contributed by atoms with Crippen LogP contribution in [0.1, 0.15) is 12.5 Å². The van der Waals surface area contributed by atoms with Gasteiger partial charge in [0.25, 0.3) is 5.69 Å². The van der Waals surface area contributed by atoms with Crippen molar-refractivity contribution in [1.29, 1.82) is 0 Å². The minimum Gasteiger partial charge on any atom is -0.469 e. The number of rotatable bonds is 6. The second-order valence-corrected chi connectivity index (χ2v) is 5.37. The third-order valence-corrected chi connectivity index (χ3v) is 4.09. The van der Waals surface area contributed by atoms with E-state index in [9.17, 15) is 14.9 Å². The topological polar surface area (TPSA) is 69.4 Å². The molecule has 0 aromatic heterocycles. The molecule has 0 amide bonds. The maximum Gasteiger partial charge on any atom is 0.309 e. The average molecular weight is 304 g/mol. The first-order chi connectivity index (χ1) is 8.97. The molecule has 0 saturated heterocycles. The van der Waals surface area contributed by atoms with Gasteiger partial charge in [0.15, 0.2) is 0 Å². The van der Waals surface area contributed by atoms with E-state index in [1.807, 2.05) is 0 Å². The second-order valence-electron chi connectivity index (χ2n) is 3.93. The first-order valence-electron chi connectivity index (χ1n) is 5.54. The smallest absolute Gasteiger partial charge is 0.309 e. The van der Waals surface area contributed by atoms with Crippen LogP contribution in [-0.4, -0.2) is 23.8 Å². The largest absolute Gasteiger partial charge is 0.469 e. The Bertz CT molecular complexity index is 481. The summed E-state index contributed by atoms with van der Waals surface area (Å²) in [6.45, 7) is 1.75. The minimum absolute atomic E-state index is 0.00530. The number of nitro benzene ring substituents is 1. The molecule has 1 aromatic rings. The molecule has 0 aliphatic rings. The van der Waals surface area contributed by atoms with Gasteiger partial charge in [-0.3, -0.25) is 14.9 Å². The van der Waals surface area contributed by atoms with E-state index in [1.54, 1.807) is 19.1 Å². The van der Waals surface area contributed by atoms with Crippen molar-refractivity contribution in [3.05, 3.63) is 38.9 Å². The van der Waals surface area contributed by atoms with Crippen LogP contribution in [0.25, 0.3) is 0 Å². The fourth-order valence-electron chi connectivity index (χ4n) is 1.47. The van der Waals surface area contributed by atoms with Crippen molar-refractivity contribution in [3.8, 4) is 0 Å². The first kappa shape index (κ1) is 15.8. The van der Waals surface area contributed by atoms with Crippen LogP contribution in [-0.2, 0) is 15.3 Å². The van der Waals surface area contributed by atoms with Gasteiger partial charge in [0.2, 0.25) is 0 Å². The predicted molar refractivity (Wildman–Crippen MR) is 75.4 cm³/mol. The van der Waals surface area contributed by atoms with Crippen LogP contribution in [0.3, 0.4) is 0 Å². The molecule has 0 fully saturated rings. The molecule has 19 heavy (non-hydrogen) atoms. The van der Waals surface area contributed by atoms with Crippen molar-refractivity contribution in [3.63, 3.8) is 0 Å². The molecule has 1 atom stereocenters. The van der Waals surface area contributed by atoms with Crippen LogP contribution < -0.4 is 0 Å². The van der Waals surface area contributed by atoms with Gasteiger partial charge in [-0.05, 0) is 6.07 Å². The number of ether oxygens (including phenoxy) is 1. The summed E-state index contributed by atoms with van der Waals surface area (Å²) >= 11 is 7.38. The number of nitrogens with zero attached hydrogens (tertiary/aromatic N) is 1. The average Bonchev–Trinajstić information content (AvgIpc) is 2.39. The Morgan fingerprint density at radius 3 is 2.84 bits per heavy atom. The molecular weight excluding hydrogens is 290 g/mol. The molecule has 7 heteroatoms. The quantitative estimate of drug-likeness (QED) is 0.458. The Hall–Kier alpha value is -1.27. The Morgan fingerprint density at radius 2 is 2.26 bits per heavy atom. The van der Waals surface area contributed by atoms with Gasteiger partial charge in [-0.25, -0.2) is 0 Å². The zero-order valence-corrected chi connectivity index (χ0v) is 12.2. The SMILES string of the molecule is COC(=O)C(C)CSCc1c(Cl)cccc1[N+](=O)[O-]. The van der Waals surface area contributed by atoms with Crippen molar-refractivity contribution >= 4 is 35.0 Å². The molecule has 0 saturated carbocycles. The summed E-state index contributed by atoms with van der Waals surface area (Å²) in [5.41, 5.74) is 0.488.